The highest BCUT2D eigenvalue weighted by Crippen LogP contribution is 2.47. The van der Waals surface area contributed by atoms with Gasteiger partial charge in [-0.2, -0.15) is 0 Å². The Labute approximate surface area is 265 Å². The first-order valence-electron chi connectivity index (χ1n) is 15.2. The SMILES string of the molecule is c1ccc(-c2ccc3c(oc4ccccc43)c2N(c2ccccc2)c2ccc(-c3ccc4sc5ccccc5c4c3)cc2)cc1. The fraction of sp³-hybridized carbons (Fsp3) is 0. The molecule has 0 fully saturated rings. The second kappa shape index (κ2) is 10.5. The van der Waals surface area contributed by atoms with Crippen LogP contribution < -0.4 is 4.90 Å². The molecule has 0 radical (unpaired) electrons. The molecule has 2 heterocycles. The molecule has 0 amide bonds. The van der Waals surface area contributed by atoms with Crippen molar-refractivity contribution in [1.29, 1.82) is 0 Å². The van der Waals surface area contributed by atoms with Crippen molar-refractivity contribution in [2.45, 2.75) is 0 Å². The third kappa shape index (κ3) is 4.32. The molecule has 9 rings (SSSR count). The lowest BCUT2D eigenvalue weighted by atomic mass is 9.98. The van der Waals surface area contributed by atoms with E-state index in [1.807, 2.05) is 17.4 Å². The smallest absolute Gasteiger partial charge is 0.160 e. The predicted molar refractivity (Wildman–Crippen MR) is 192 cm³/mol. The Hall–Kier alpha value is -5.64. The summed E-state index contributed by atoms with van der Waals surface area (Å²) in [5, 5.41) is 4.85. The normalized spacial score (nSPS) is 11.6. The standard InChI is InChI=1S/C42H27NOS/c1-3-11-29(12-4-1)33-24-25-36-34-15-7-9-17-38(34)44-42(36)41(33)43(31-13-5-2-6-14-31)32-22-19-28(20-23-32)30-21-26-40-37(27-30)35-16-8-10-18-39(35)45-40/h1-27H. The Balaban J connectivity index is 1.25. The third-order valence-electron chi connectivity index (χ3n) is 8.68. The van der Waals surface area contributed by atoms with Gasteiger partial charge in [0.25, 0.3) is 0 Å². The quantitative estimate of drug-likeness (QED) is 0.197. The Morgan fingerprint density at radius 1 is 0.422 bits per heavy atom. The van der Waals surface area contributed by atoms with Gasteiger partial charge in [0, 0.05) is 47.9 Å². The zero-order valence-electron chi connectivity index (χ0n) is 24.4. The molecule has 0 bridgehead atoms. The summed E-state index contributed by atoms with van der Waals surface area (Å²) in [6, 6.07) is 58.4. The third-order valence-corrected chi connectivity index (χ3v) is 9.83. The molecular weight excluding hydrogens is 567 g/mol. The average molecular weight is 594 g/mol. The first-order chi connectivity index (χ1) is 22.3. The molecule has 0 aliphatic rings. The Kier molecular flexibility index (Phi) is 6.03. The predicted octanol–water partition coefficient (Wildman–Crippen LogP) is 12.8. The van der Waals surface area contributed by atoms with Crippen molar-refractivity contribution in [3.63, 3.8) is 0 Å². The summed E-state index contributed by atoms with van der Waals surface area (Å²) < 4.78 is 9.34. The fourth-order valence-corrected chi connectivity index (χ4v) is 7.63. The van der Waals surface area contributed by atoms with Crippen molar-refractivity contribution >= 4 is 70.5 Å². The van der Waals surface area contributed by atoms with Crippen LogP contribution in [0.15, 0.2) is 168 Å². The van der Waals surface area contributed by atoms with Crippen LogP contribution in [0.25, 0.3) is 64.4 Å². The van der Waals surface area contributed by atoms with Crippen LogP contribution in [0.4, 0.5) is 17.1 Å². The van der Waals surface area contributed by atoms with E-state index in [1.54, 1.807) is 0 Å². The van der Waals surface area contributed by atoms with Crippen molar-refractivity contribution in [2.24, 2.45) is 0 Å². The van der Waals surface area contributed by atoms with Crippen molar-refractivity contribution in [3.8, 4) is 22.3 Å². The van der Waals surface area contributed by atoms with Crippen molar-refractivity contribution < 1.29 is 4.42 Å². The maximum Gasteiger partial charge on any atom is 0.160 e. The van der Waals surface area contributed by atoms with Gasteiger partial charge in [0.1, 0.15) is 5.58 Å². The molecule has 9 aromatic rings. The summed E-state index contributed by atoms with van der Waals surface area (Å²) >= 11 is 1.85. The van der Waals surface area contributed by atoms with E-state index in [4.69, 9.17) is 4.42 Å². The molecule has 7 aromatic carbocycles. The van der Waals surface area contributed by atoms with Crippen LogP contribution in [0.3, 0.4) is 0 Å². The van der Waals surface area contributed by atoms with Gasteiger partial charge in [-0.1, -0.05) is 109 Å². The molecule has 0 spiro atoms. The number of fused-ring (bicyclic) bond motifs is 6. The van der Waals surface area contributed by atoms with E-state index >= 15 is 0 Å². The Morgan fingerprint density at radius 3 is 1.89 bits per heavy atom. The van der Waals surface area contributed by atoms with Gasteiger partial charge >= 0.3 is 0 Å². The maximum atomic E-state index is 6.69. The number of furan rings is 1. The molecular formula is C42H27NOS. The van der Waals surface area contributed by atoms with E-state index in [1.165, 1.54) is 31.3 Å². The van der Waals surface area contributed by atoms with Gasteiger partial charge in [0.15, 0.2) is 5.58 Å². The molecule has 45 heavy (non-hydrogen) atoms. The van der Waals surface area contributed by atoms with E-state index in [0.29, 0.717) is 0 Å². The van der Waals surface area contributed by atoms with Crippen LogP contribution in [-0.2, 0) is 0 Å². The summed E-state index contributed by atoms with van der Waals surface area (Å²) in [6.07, 6.45) is 0. The number of thiophene rings is 1. The zero-order chi connectivity index (χ0) is 29.7. The number of anilines is 3. The molecule has 2 nitrogen and oxygen atoms in total. The lowest BCUT2D eigenvalue weighted by molar-refractivity contribution is 0.669. The molecule has 0 aliphatic carbocycles. The van der Waals surface area contributed by atoms with Crippen LogP contribution in [-0.4, -0.2) is 0 Å². The molecule has 212 valence electrons. The number of benzene rings is 7. The number of rotatable bonds is 5. The molecule has 0 saturated heterocycles. The topological polar surface area (TPSA) is 16.4 Å². The lowest BCUT2D eigenvalue weighted by Gasteiger charge is -2.28. The van der Waals surface area contributed by atoms with Crippen LogP contribution in [0, 0.1) is 0 Å². The minimum atomic E-state index is 0.875. The molecule has 2 aromatic heterocycles. The summed E-state index contributed by atoms with van der Waals surface area (Å²) in [5.74, 6) is 0. The van der Waals surface area contributed by atoms with Gasteiger partial charge in [-0.05, 0) is 71.3 Å². The monoisotopic (exact) mass is 593 g/mol. The van der Waals surface area contributed by atoms with Crippen molar-refractivity contribution in [3.05, 3.63) is 164 Å². The number of hydrogen-bond acceptors (Lipinski definition) is 3. The molecule has 0 N–H and O–H groups in total. The highest BCUT2D eigenvalue weighted by molar-refractivity contribution is 7.25. The number of para-hydroxylation sites is 2. The van der Waals surface area contributed by atoms with Gasteiger partial charge in [0.05, 0.1) is 5.69 Å². The number of hydrogen-bond donors (Lipinski definition) is 0. The molecule has 0 aliphatic heterocycles. The summed E-state index contributed by atoms with van der Waals surface area (Å²) in [7, 11) is 0. The highest BCUT2D eigenvalue weighted by Gasteiger charge is 2.23. The minimum Gasteiger partial charge on any atom is -0.454 e. The summed E-state index contributed by atoms with van der Waals surface area (Å²) in [6.45, 7) is 0. The van der Waals surface area contributed by atoms with E-state index in [0.717, 1.165) is 50.1 Å². The van der Waals surface area contributed by atoms with E-state index in [-0.39, 0.29) is 0 Å². The van der Waals surface area contributed by atoms with Gasteiger partial charge < -0.3 is 9.32 Å². The molecule has 3 heteroatoms. The summed E-state index contributed by atoms with van der Waals surface area (Å²) in [5.41, 5.74) is 9.59. The summed E-state index contributed by atoms with van der Waals surface area (Å²) in [4.78, 5) is 2.34. The first kappa shape index (κ1) is 25.8. The van der Waals surface area contributed by atoms with Crippen LogP contribution in [0.1, 0.15) is 0 Å². The van der Waals surface area contributed by atoms with Gasteiger partial charge in [-0.3, -0.25) is 0 Å². The largest absolute Gasteiger partial charge is 0.454 e. The van der Waals surface area contributed by atoms with Gasteiger partial charge in [0.2, 0.25) is 0 Å². The molecule has 0 unspecified atom stereocenters. The fourth-order valence-electron chi connectivity index (χ4n) is 6.54. The molecule has 0 saturated carbocycles. The average Bonchev–Trinajstić information content (AvgIpc) is 3.68. The van der Waals surface area contributed by atoms with Gasteiger partial charge in [-0.15, -0.1) is 11.3 Å². The van der Waals surface area contributed by atoms with Crippen molar-refractivity contribution in [2.75, 3.05) is 4.90 Å². The van der Waals surface area contributed by atoms with E-state index in [2.05, 4.69) is 163 Å². The Morgan fingerprint density at radius 2 is 1.07 bits per heavy atom. The van der Waals surface area contributed by atoms with Crippen LogP contribution >= 0.6 is 11.3 Å². The second-order valence-electron chi connectivity index (χ2n) is 11.3. The maximum absolute atomic E-state index is 6.69. The number of nitrogens with zero attached hydrogens (tertiary/aromatic N) is 1. The second-order valence-corrected chi connectivity index (χ2v) is 12.4. The van der Waals surface area contributed by atoms with Crippen LogP contribution in [0.2, 0.25) is 0 Å². The highest BCUT2D eigenvalue weighted by atomic mass is 32.1. The zero-order valence-corrected chi connectivity index (χ0v) is 25.2. The van der Waals surface area contributed by atoms with E-state index < -0.39 is 0 Å². The van der Waals surface area contributed by atoms with Crippen LogP contribution in [0.5, 0.6) is 0 Å². The Bertz CT molecular complexity index is 2470. The van der Waals surface area contributed by atoms with E-state index in [9.17, 15) is 0 Å². The lowest BCUT2D eigenvalue weighted by Crippen LogP contribution is -2.11. The van der Waals surface area contributed by atoms with Crippen molar-refractivity contribution in [1.82, 2.24) is 0 Å². The minimum absolute atomic E-state index is 0.875. The molecule has 0 atom stereocenters. The first-order valence-corrected chi connectivity index (χ1v) is 16.0. The van der Waals surface area contributed by atoms with Gasteiger partial charge in [-0.25, -0.2) is 0 Å².